The Morgan fingerprint density at radius 3 is 2.65 bits per heavy atom. The average molecular weight is 253 g/mol. The zero-order valence-corrected chi connectivity index (χ0v) is 11.1. The van der Waals surface area contributed by atoms with E-state index >= 15 is 0 Å². The van der Waals surface area contributed by atoms with Crippen LogP contribution in [0.5, 0.6) is 5.75 Å². The van der Waals surface area contributed by atoms with Gasteiger partial charge in [-0.2, -0.15) is 0 Å². The molecule has 0 saturated carbocycles. The lowest BCUT2D eigenvalue weighted by molar-refractivity contribution is 0.242. The van der Waals surface area contributed by atoms with Crippen molar-refractivity contribution < 1.29 is 8.95 Å². The molecule has 1 aromatic rings. The highest BCUT2D eigenvalue weighted by Gasteiger charge is 2.19. The first-order valence-electron chi connectivity index (χ1n) is 6.00. The molecule has 2 unspecified atom stereocenters. The van der Waals surface area contributed by atoms with Gasteiger partial charge in [0.1, 0.15) is 5.75 Å². The van der Waals surface area contributed by atoms with Crippen molar-refractivity contribution in [2.24, 2.45) is 0 Å². The van der Waals surface area contributed by atoms with Gasteiger partial charge in [0.05, 0.1) is 6.10 Å². The Morgan fingerprint density at radius 2 is 2.06 bits per heavy atom. The van der Waals surface area contributed by atoms with E-state index in [1.807, 2.05) is 26.0 Å². The normalized spacial score (nSPS) is 24.9. The van der Waals surface area contributed by atoms with Crippen molar-refractivity contribution in [2.45, 2.75) is 26.0 Å². The molecule has 0 bridgehead atoms. The summed E-state index contributed by atoms with van der Waals surface area (Å²) in [6, 6.07) is 8.29. The van der Waals surface area contributed by atoms with Crippen LogP contribution in [0.1, 0.15) is 25.5 Å². The molecule has 0 radical (unpaired) electrons. The smallest absolute Gasteiger partial charge is 0.119 e. The van der Waals surface area contributed by atoms with Gasteiger partial charge in [-0.3, -0.25) is 4.21 Å². The highest BCUT2D eigenvalue weighted by Crippen LogP contribution is 2.21. The topological polar surface area (TPSA) is 38.3 Å². The minimum Gasteiger partial charge on any atom is -0.491 e. The fourth-order valence-corrected chi connectivity index (χ4v) is 3.13. The maximum atomic E-state index is 11.5. The quantitative estimate of drug-likeness (QED) is 0.893. The van der Waals surface area contributed by atoms with Crippen molar-refractivity contribution in [2.75, 3.05) is 18.1 Å². The fourth-order valence-electron chi connectivity index (χ4n) is 1.94. The highest BCUT2D eigenvalue weighted by atomic mass is 32.2. The first kappa shape index (κ1) is 12.6. The molecular formula is C13H19NO2S. The molecule has 2 rings (SSSR count). The third-order valence-corrected chi connectivity index (χ3v) is 4.09. The van der Waals surface area contributed by atoms with E-state index in [9.17, 15) is 4.21 Å². The summed E-state index contributed by atoms with van der Waals surface area (Å²) in [6.45, 7) is 4.86. The minimum absolute atomic E-state index is 0.196. The van der Waals surface area contributed by atoms with Crippen LogP contribution >= 0.6 is 0 Å². The van der Waals surface area contributed by atoms with E-state index in [1.165, 1.54) is 5.56 Å². The average Bonchev–Trinajstić information content (AvgIpc) is 2.29. The van der Waals surface area contributed by atoms with Gasteiger partial charge >= 0.3 is 0 Å². The molecular weight excluding hydrogens is 234 g/mol. The summed E-state index contributed by atoms with van der Waals surface area (Å²) in [7, 11) is -0.679. The van der Waals surface area contributed by atoms with Crippen molar-refractivity contribution in [1.29, 1.82) is 0 Å². The van der Waals surface area contributed by atoms with E-state index in [1.54, 1.807) is 0 Å². The SMILES string of the molecule is CC(C)Oc1ccc(C2CS(=O)CCN2)cc1. The fraction of sp³-hybridized carbons (Fsp3) is 0.538. The second kappa shape index (κ2) is 5.65. The lowest BCUT2D eigenvalue weighted by Crippen LogP contribution is -2.36. The summed E-state index contributed by atoms with van der Waals surface area (Å²) in [5, 5.41) is 3.39. The summed E-state index contributed by atoms with van der Waals surface area (Å²) in [4.78, 5) is 0. The zero-order valence-electron chi connectivity index (χ0n) is 10.3. The predicted molar refractivity (Wildman–Crippen MR) is 70.8 cm³/mol. The molecule has 1 aliphatic rings. The number of benzene rings is 1. The van der Waals surface area contributed by atoms with Gasteiger partial charge < -0.3 is 10.1 Å². The van der Waals surface area contributed by atoms with Crippen LogP contribution in [0.15, 0.2) is 24.3 Å². The molecule has 2 atom stereocenters. The molecule has 94 valence electrons. The van der Waals surface area contributed by atoms with Crippen LogP contribution in [0.3, 0.4) is 0 Å². The second-order valence-corrected chi connectivity index (χ2v) is 6.17. The molecule has 1 heterocycles. The van der Waals surface area contributed by atoms with Crippen LogP contribution in [0.25, 0.3) is 0 Å². The molecule has 0 amide bonds. The lowest BCUT2D eigenvalue weighted by Gasteiger charge is -2.23. The third-order valence-electron chi connectivity index (χ3n) is 2.73. The van der Waals surface area contributed by atoms with Crippen LogP contribution in [-0.4, -0.2) is 28.4 Å². The summed E-state index contributed by atoms with van der Waals surface area (Å²) in [5.74, 6) is 2.37. The Morgan fingerprint density at radius 1 is 1.35 bits per heavy atom. The monoisotopic (exact) mass is 253 g/mol. The minimum atomic E-state index is -0.679. The van der Waals surface area contributed by atoms with E-state index in [0.29, 0.717) is 5.75 Å². The van der Waals surface area contributed by atoms with Crippen LogP contribution in [-0.2, 0) is 10.8 Å². The number of ether oxygens (including phenoxy) is 1. The third kappa shape index (κ3) is 3.54. The number of hydrogen-bond acceptors (Lipinski definition) is 3. The van der Waals surface area contributed by atoms with Gasteiger partial charge in [0.25, 0.3) is 0 Å². The van der Waals surface area contributed by atoms with Gasteiger partial charge in [0.15, 0.2) is 0 Å². The van der Waals surface area contributed by atoms with Crippen LogP contribution in [0, 0.1) is 0 Å². The molecule has 1 aliphatic heterocycles. The van der Waals surface area contributed by atoms with Gasteiger partial charge in [-0.1, -0.05) is 12.1 Å². The summed E-state index contributed by atoms with van der Waals surface area (Å²) in [5.41, 5.74) is 1.19. The van der Waals surface area contributed by atoms with Crippen LogP contribution in [0.2, 0.25) is 0 Å². The number of rotatable bonds is 3. The van der Waals surface area contributed by atoms with Gasteiger partial charge in [-0.25, -0.2) is 0 Å². The Kier molecular flexibility index (Phi) is 4.18. The first-order valence-corrected chi connectivity index (χ1v) is 7.49. The van der Waals surface area contributed by atoms with Crippen molar-refractivity contribution in [1.82, 2.24) is 5.32 Å². The van der Waals surface area contributed by atoms with Crippen LogP contribution < -0.4 is 10.1 Å². The zero-order chi connectivity index (χ0) is 12.3. The molecule has 1 fully saturated rings. The van der Waals surface area contributed by atoms with E-state index in [-0.39, 0.29) is 12.1 Å². The van der Waals surface area contributed by atoms with E-state index < -0.39 is 10.8 Å². The molecule has 1 N–H and O–H groups in total. The second-order valence-electron chi connectivity index (χ2n) is 4.55. The first-order chi connectivity index (χ1) is 8.15. The highest BCUT2D eigenvalue weighted by molar-refractivity contribution is 7.85. The van der Waals surface area contributed by atoms with Gasteiger partial charge in [0, 0.05) is 34.9 Å². The van der Waals surface area contributed by atoms with Gasteiger partial charge in [-0.05, 0) is 31.5 Å². The summed E-state index contributed by atoms with van der Waals surface area (Å²) in [6.07, 6.45) is 0.196. The molecule has 4 heteroatoms. The molecule has 0 spiro atoms. The summed E-state index contributed by atoms with van der Waals surface area (Å²) < 4.78 is 17.1. The maximum Gasteiger partial charge on any atom is 0.119 e. The molecule has 1 aromatic carbocycles. The van der Waals surface area contributed by atoms with E-state index in [0.717, 1.165) is 18.0 Å². The Hall–Kier alpha value is -0.870. The largest absolute Gasteiger partial charge is 0.491 e. The molecule has 1 saturated heterocycles. The molecule has 0 aliphatic carbocycles. The number of nitrogens with one attached hydrogen (secondary N) is 1. The Labute approximate surface area is 105 Å². The van der Waals surface area contributed by atoms with Crippen LogP contribution in [0.4, 0.5) is 0 Å². The van der Waals surface area contributed by atoms with Crippen molar-refractivity contribution >= 4 is 10.8 Å². The van der Waals surface area contributed by atoms with Gasteiger partial charge in [-0.15, -0.1) is 0 Å². The molecule has 0 aromatic heterocycles. The van der Waals surface area contributed by atoms with Crippen molar-refractivity contribution in [3.8, 4) is 5.75 Å². The standard InChI is InChI=1S/C13H19NO2S/c1-10(2)16-12-5-3-11(4-6-12)13-9-17(15)8-7-14-13/h3-6,10,13-14H,7-9H2,1-2H3. The maximum absolute atomic E-state index is 11.5. The predicted octanol–water partition coefficient (Wildman–Crippen LogP) is 1.87. The number of hydrogen-bond donors (Lipinski definition) is 1. The van der Waals surface area contributed by atoms with Crippen molar-refractivity contribution in [3.05, 3.63) is 29.8 Å². The van der Waals surface area contributed by atoms with E-state index in [4.69, 9.17) is 4.74 Å². The van der Waals surface area contributed by atoms with Gasteiger partial charge in [0.2, 0.25) is 0 Å². The molecule has 17 heavy (non-hydrogen) atoms. The van der Waals surface area contributed by atoms with E-state index in [2.05, 4.69) is 17.4 Å². The Balaban J connectivity index is 2.04. The molecule has 3 nitrogen and oxygen atoms in total. The summed E-state index contributed by atoms with van der Waals surface area (Å²) >= 11 is 0. The lowest BCUT2D eigenvalue weighted by atomic mass is 10.1. The van der Waals surface area contributed by atoms with Crippen molar-refractivity contribution in [3.63, 3.8) is 0 Å². The Bertz CT molecular complexity index is 389.